The van der Waals surface area contributed by atoms with Gasteiger partial charge in [-0.3, -0.25) is 0 Å². The number of nitrogens with zero attached hydrogens (tertiary/aromatic N) is 1. The van der Waals surface area contributed by atoms with Crippen molar-refractivity contribution < 1.29 is 4.42 Å². The summed E-state index contributed by atoms with van der Waals surface area (Å²) in [7, 11) is 0. The summed E-state index contributed by atoms with van der Waals surface area (Å²) in [4.78, 5) is 4.33. The Morgan fingerprint density at radius 1 is 1.00 bits per heavy atom. The Bertz CT molecular complexity index is 683. The molecule has 2 nitrogen and oxygen atoms in total. The lowest BCUT2D eigenvalue weighted by Gasteiger charge is -1.98. The number of rotatable bonds is 0. The molecule has 4 rings (SSSR count). The molecular formula is C13H7NOS. The van der Waals surface area contributed by atoms with Crippen LogP contribution in [-0.4, -0.2) is 4.98 Å². The first kappa shape index (κ1) is 8.30. The largest absolute Gasteiger partial charge is 0.464 e. The van der Waals surface area contributed by atoms with E-state index in [4.69, 9.17) is 4.42 Å². The minimum atomic E-state index is 0.941. The SMILES string of the molecule is c1cc2cc3cc4ncsc4cc3cc2o1. The van der Waals surface area contributed by atoms with Gasteiger partial charge in [-0.15, -0.1) is 11.3 Å². The van der Waals surface area contributed by atoms with Crippen molar-refractivity contribution in [3.05, 3.63) is 42.1 Å². The van der Waals surface area contributed by atoms with Crippen molar-refractivity contribution in [1.29, 1.82) is 0 Å². The number of aromatic nitrogens is 1. The summed E-state index contributed by atoms with van der Waals surface area (Å²) in [6.45, 7) is 0. The second-order valence-corrected chi connectivity index (χ2v) is 4.72. The first-order chi connectivity index (χ1) is 7.90. The molecule has 2 heterocycles. The van der Waals surface area contributed by atoms with E-state index in [9.17, 15) is 0 Å². The third kappa shape index (κ3) is 1.03. The number of thiazole rings is 1. The molecule has 4 aromatic rings. The zero-order valence-electron chi connectivity index (χ0n) is 8.31. The molecule has 2 aromatic carbocycles. The van der Waals surface area contributed by atoms with Gasteiger partial charge < -0.3 is 4.42 Å². The Balaban J connectivity index is 2.26. The fraction of sp³-hybridized carbons (Fsp3) is 0. The Labute approximate surface area is 95.1 Å². The predicted molar refractivity (Wildman–Crippen MR) is 66.9 cm³/mol. The minimum absolute atomic E-state index is 0.941. The molecule has 0 saturated heterocycles. The van der Waals surface area contributed by atoms with E-state index in [0.717, 1.165) is 16.5 Å². The molecule has 16 heavy (non-hydrogen) atoms. The minimum Gasteiger partial charge on any atom is -0.464 e. The summed E-state index contributed by atoms with van der Waals surface area (Å²) in [6, 6.07) is 10.5. The van der Waals surface area contributed by atoms with Crippen LogP contribution in [0, 0.1) is 0 Å². The molecular weight excluding hydrogens is 218 g/mol. The maximum absolute atomic E-state index is 5.41. The van der Waals surface area contributed by atoms with Gasteiger partial charge in [-0.1, -0.05) is 0 Å². The van der Waals surface area contributed by atoms with Crippen molar-refractivity contribution in [1.82, 2.24) is 4.98 Å². The first-order valence-electron chi connectivity index (χ1n) is 5.04. The normalized spacial score (nSPS) is 11.8. The van der Waals surface area contributed by atoms with Crippen molar-refractivity contribution >= 4 is 43.3 Å². The van der Waals surface area contributed by atoms with E-state index in [2.05, 4.69) is 29.2 Å². The molecule has 0 aliphatic rings. The Kier molecular flexibility index (Phi) is 1.47. The number of hydrogen-bond acceptors (Lipinski definition) is 3. The van der Waals surface area contributed by atoms with E-state index in [0.29, 0.717) is 0 Å². The van der Waals surface area contributed by atoms with Gasteiger partial charge in [0, 0.05) is 5.39 Å². The lowest BCUT2D eigenvalue weighted by atomic mass is 10.1. The van der Waals surface area contributed by atoms with Gasteiger partial charge >= 0.3 is 0 Å². The standard InChI is InChI=1S/C13H7NOS/c1-2-15-12-5-10-6-13-11(14-7-16-13)4-9(10)3-8(1)12/h1-7H. The van der Waals surface area contributed by atoms with Crippen molar-refractivity contribution in [3.63, 3.8) is 0 Å². The third-order valence-electron chi connectivity index (χ3n) is 2.86. The van der Waals surface area contributed by atoms with Crippen LogP contribution in [0.4, 0.5) is 0 Å². The molecule has 0 aliphatic carbocycles. The second kappa shape index (κ2) is 2.83. The molecule has 0 spiro atoms. The number of hydrogen-bond donors (Lipinski definition) is 0. The molecule has 2 aromatic heterocycles. The summed E-state index contributed by atoms with van der Waals surface area (Å²) in [5, 5.41) is 3.56. The highest BCUT2D eigenvalue weighted by molar-refractivity contribution is 7.16. The fourth-order valence-electron chi connectivity index (χ4n) is 2.06. The van der Waals surface area contributed by atoms with Crippen LogP contribution in [0.1, 0.15) is 0 Å². The van der Waals surface area contributed by atoms with Crippen molar-refractivity contribution in [2.45, 2.75) is 0 Å². The van der Waals surface area contributed by atoms with Gasteiger partial charge in [-0.2, -0.15) is 0 Å². The van der Waals surface area contributed by atoms with Gasteiger partial charge in [-0.05, 0) is 41.1 Å². The highest BCUT2D eigenvalue weighted by atomic mass is 32.1. The van der Waals surface area contributed by atoms with Crippen LogP contribution >= 0.6 is 11.3 Å². The monoisotopic (exact) mass is 225 g/mol. The molecule has 76 valence electrons. The van der Waals surface area contributed by atoms with Gasteiger partial charge in [0.05, 0.1) is 22.0 Å². The third-order valence-corrected chi connectivity index (χ3v) is 3.65. The van der Waals surface area contributed by atoms with Gasteiger partial charge in [0.15, 0.2) is 0 Å². The van der Waals surface area contributed by atoms with Crippen molar-refractivity contribution in [2.75, 3.05) is 0 Å². The Morgan fingerprint density at radius 2 is 1.94 bits per heavy atom. The van der Waals surface area contributed by atoms with E-state index in [1.54, 1.807) is 17.6 Å². The molecule has 0 atom stereocenters. The van der Waals surface area contributed by atoms with Crippen molar-refractivity contribution in [2.24, 2.45) is 0 Å². The Hall–Kier alpha value is -1.87. The maximum Gasteiger partial charge on any atom is 0.134 e. The van der Waals surface area contributed by atoms with Gasteiger partial charge in [0.1, 0.15) is 5.58 Å². The van der Waals surface area contributed by atoms with Gasteiger partial charge in [-0.25, -0.2) is 4.98 Å². The number of benzene rings is 2. The van der Waals surface area contributed by atoms with E-state index in [1.807, 2.05) is 11.6 Å². The van der Waals surface area contributed by atoms with Crippen LogP contribution in [0.3, 0.4) is 0 Å². The molecule has 0 aliphatic heterocycles. The zero-order chi connectivity index (χ0) is 10.5. The van der Waals surface area contributed by atoms with E-state index in [-0.39, 0.29) is 0 Å². The number of fused-ring (bicyclic) bond motifs is 3. The van der Waals surface area contributed by atoms with Gasteiger partial charge in [0.25, 0.3) is 0 Å². The molecule has 0 amide bonds. The predicted octanol–water partition coefficient (Wildman–Crippen LogP) is 4.20. The van der Waals surface area contributed by atoms with Gasteiger partial charge in [0.2, 0.25) is 0 Å². The summed E-state index contributed by atoms with van der Waals surface area (Å²) in [5.74, 6) is 0. The molecule has 0 saturated carbocycles. The molecule has 0 radical (unpaired) electrons. The van der Waals surface area contributed by atoms with E-state index >= 15 is 0 Å². The molecule has 0 N–H and O–H groups in total. The average Bonchev–Trinajstić information content (AvgIpc) is 2.89. The molecule has 0 bridgehead atoms. The van der Waals surface area contributed by atoms with Crippen LogP contribution in [-0.2, 0) is 0 Å². The molecule has 0 unspecified atom stereocenters. The maximum atomic E-state index is 5.41. The van der Waals surface area contributed by atoms with Crippen LogP contribution in [0.5, 0.6) is 0 Å². The topological polar surface area (TPSA) is 26.0 Å². The van der Waals surface area contributed by atoms with Crippen LogP contribution in [0.2, 0.25) is 0 Å². The fourth-order valence-corrected chi connectivity index (χ4v) is 2.77. The van der Waals surface area contributed by atoms with Crippen molar-refractivity contribution in [3.8, 4) is 0 Å². The molecule has 0 fully saturated rings. The van der Waals surface area contributed by atoms with Crippen LogP contribution in [0.15, 0.2) is 46.5 Å². The van der Waals surface area contributed by atoms with Crippen LogP contribution < -0.4 is 0 Å². The zero-order valence-corrected chi connectivity index (χ0v) is 9.12. The summed E-state index contributed by atoms with van der Waals surface area (Å²) >= 11 is 1.67. The van der Waals surface area contributed by atoms with E-state index < -0.39 is 0 Å². The van der Waals surface area contributed by atoms with Crippen LogP contribution in [0.25, 0.3) is 32.0 Å². The summed E-state index contributed by atoms with van der Waals surface area (Å²) in [6.07, 6.45) is 1.73. The average molecular weight is 225 g/mol. The summed E-state index contributed by atoms with van der Waals surface area (Å²) < 4.78 is 6.63. The second-order valence-electron chi connectivity index (χ2n) is 3.83. The quantitative estimate of drug-likeness (QED) is 0.448. The highest BCUT2D eigenvalue weighted by Crippen LogP contribution is 2.28. The lowest BCUT2D eigenvalue weighted by Crippen LogP contribution is -1.74. The lowest BCUT2D eigenvalue weighted by molar-refractivity contribution is 0.616. The summed E-state index contributed by atoms with van der Waals surface area (Å²) in [5.41, 5.74) is 3.89. The highest BCUT2D eigenvalue weighted by Gasteiger charge is 2.03. The number of furan rings is 1. The first-order valence-corrected chi connectivity index (χ1v) is 5.92. The smallest absolute Gasteiger partial charge is 0.134 e. The Morgan fingerprint density at radius 3 is 2.94 bits per heavy atom. The molecule has 3 heteroatoms. The van der Waals surface area contributed by atoms with E-state index in [1.165, 1.54) is 15.5 Å².